The van der Waals surface area contributed by atoms with Crippen molar-refractivity contribution in [3.05, 3.63) is 50.9 Å². The average molecular weight is 401 g/mol. The second-order valence-electron chi connectivity index (χ2n) is 5.23. The van der Waals surface area contributed by atoms with Gasteiger partial charge in [0, 0.05) is 19.9 Å². The molecule has 5 heteroatoms. The van der Waals surface area contributed by atoms with E-state index in [1.165, 1.54) is 0 Å². The predicted molar refractivity (Wildman–Crippen MR) is 87.5 cm³/mol. The van der Waals surface area contributed by atoms with Gasteiger partial charge in [-0.3, -0.25) is 4.79 Å². The SMILES string of the molecule is C=C1[C@H](O)C=C(C(=O)Nc2c(Br)cccc2Br)C1(C)C. The van der Waals surface area contributed by atoms with Crippen LogP contribution < -0.4 is 5.32 Å². The first-order chi connectivity index (χ1) is 9.25. The largest absolute Gasteiger partial charge is 0.385 e. The molecule has 1 aromatic carbocycles. The molecule has 0 aromatic heterocycles. The summed E-state index contributed by atoms with van der Waals surface area (Å²) in [5.74, 6) is -0.236. The number of carbonyl (C=O) groups is 1. The van der Waals surface area contributed by atoms with Gasteiger partial charge in [-0.25, -0.2) is 0 Å². The van der Waals surface area contributed by atoms with Crippen LogP contribution in [0.15, 0.2) is 50.9 Å². The summed E-state index contributed by atoms with van der Waals surface area (Å²) in [4.78, 5) is 12.5. The van der Waals surface area contributed by atoms with Crippen LogP contribution in [0, 0.1) is 5.41 Å². The van der Waals surface area contributed by atoms with Crippen molar-refractivity contribution in [2.24, 2.45) is 5.41 Å². The van der Waals surface area contributed by atoms with Crippen LogP contribution in [-0.2, 0) is 4.79 Å². The van der Waals surface area contributed by atoms with E-state index in [9.17, 15) is 9.90 Å². The molecule has 0 unspecified atom stereocenters. The Hall–Kier alpha value is -0.910. The van der Waals surface area contributed by atoms with E-state index in [1.807, 2.05) is 32.0 Å². The molecule has 1 atom stereocenters. The van der Waals surface area contributed by atoms with Gasteiger partial charge in [-0.05, 0) is 55.6 Å². The average Bonchev–Trinajstić information content (AvgIpc) is 2.57. The van der Waals surface area contributed by atoms with Crippen molar-refractivity contribution in [2.45, 2.75) is 20.0 Å². The normalized spacial score (nSPS) is 20.8. The van der Waals surface area contributed by atoms with E-state index in [4.69, 9.17) is 0 Å². The molecule has 2 N–H and O–H groups in total. The molecule has 1 aliphatic rings. The molecule has 3 nitrogen and oxygen atoms in total. The summed E-state index contributed by atoms with van der Waals surface area (Å²) in [5.41, 5.74) is 1.28. The third kappa shape index (κ3) is 2.62. The number of carbonyl (C=O) groups excluding carboxylic acids is 1. The number of hydrogen-bond donors (Lipinski definition) is 2. The molecule has 0 spiro atoms. The van der Waals surface area contributed by atoms with Gasteiger partial charge in [0.2, 0.25) is 0 Å². The van der Waals surface area contributed by atoms with E-state index in [0.717, 1.165) is 8.95 Å². The topological polar surface area (TPSA) is 49.3 Å². The first kappa shape index (κ1) is 15.5. The Morgan fingerprint density at radius 2 is 1.90 bits per heavy atom. The predicted octanol–water partition coefficient (Wildman–Crippen LogP) is 4.03. The zero-order valence-electron chi connectivity index (χ0n) is 11.2. The van der Waals surface area contributed by atoms with Gasteiger partial charge >= 0.3 is 0 Å². The highest BCUT2D eigenvalue weighted by Crippen LogP contribution is 2.43. The molecular formula is C15H15Br2NO2. The molecule has 20 heavy (non-hydrogen) atoms. The molecule has 2 rings (SSSR count). The van der Waals surface area contributed by atoms with Gasteiger partial charge in [0.25, 0.3) is 5.91 Å². The zero-order valence-corrected chi connectivity index (χ0v) is 14.4. The Kier molecular flexibility index (Phi) is 4.23. The smallest absolute Gasteiger partial charge is 0.252 e. The minimum absolute atomic E-state index is 0.236. The van der Waals surface area contributed by atoms with Gasteiger partial charge < -0.3 is 10.4 Å². The summed E-state index contributed by atoms with van der Waals surface area (Å²) >= 11 is 6.81. The van der Waals surface area contributed by atoms with Gasteiger partial charge in [-0.15, -0.1) is 0 Å². The number of amides is 1. The van der Waals surface area contributed by atoms with Gasteiger partial charge in [-0.2, -0.15) is 0 Å². The number of aliphatic hydroxyl groups is 1. The molecule has 0 saturated carbocycles. The minimum atomic E-state index is -0.770. The number of hydrogen-bond acceptors (Lipinski definition) is 2. The van der Waals surface area contributed by atoms with Crippen LogP contribution in [-0.4, -0.2) is 17.1 Å². The maximum Gasteiger partial charge on any atom is 0.252 e. The second kappa shape index (κ2) is 5.47. The van der Waals surface area contributed by atoms with E-state index in [0.29, 0.717) is 16.8 Å². The Balaban J connectivity index is 2.30. The molecule has 1 aromatic rings. The molecule has 1 amide bonds. The quantitative estimate of drug-likeness (QED) is 0.736. The number of rotatable bonds is 2. The van der Waals surface area contributed by atoms with Crippen LogP contribution in [0.25, 0.3) is 0 Å². The van der Waals surface area contributed by atoms with E-state index in [2.05, 4.69) is 43.8 Å². The van der Waals surface area contributed by atoms with E-state index in [1.54, 1.807) is 6.08 Å². The summed E-state index contributed by atoms with van der Waals surface area (Å²) in [5, 5.41) is 12.7. The fourth-order valence-electron chi connectivity index (χ4n) is 2.17. The van der Waals surface area contributed by atoms with E-state index >= 15 is 0 Å². The van der Waals surface area contributed by atoms with Crippen molar-refractivity contribution in [3.8, 4) is 0 Å². The lowest BCUT2D eigenvalue weighted by Gasteiger charge is -2.24. The summed E-state index contributed by atoms with van der Waals surface area (Å²) in [6, 6.07) is 5.57. The van der Waals surface area contributed by atoms with Gasteiger partial charge in [0.05, 0.1) is 11.8 Å². The number of anilines is 1. The molecule has 0 bridgehead atoms. The summed E-state index contributed by atoms with van der Waals surface area (Å²) in [6.07, 6.45) is 0.788. The lowest BCUT2D eigenvalue weighted by molar-refractivity contribution is -0.113. The van der Waals surface area contributed by atoms with Crippen LogP contribution in [0.2, 0.25) is 0 Å². The van der Waals surface area contributed by atoms with Gasteiger partial charge in [0.1, 0.15) is 0 Å². The van der Waals surface area contributed by atoms with Crippen molar-refractivity contribution in [3.63, 3.8) is 0 Å². The highest BCUT2D eigenvalue weighted by molar-refractivity contribution is 9.11. The van der Waals surface area contributed by atoms with Crippen molar-refractivity contribution < 1.29 is 9.90 Å². The molecule has 0 radical (unpaired) electrons. The number of para-hydroxylation sites is 1. The molecule has 106 valence electrons. The molecular weight excluding hydrogens is 386 g/mol. The van der Waals surface area contributed by atoms with Crippen LogP contribution in [0.4, 0.5) is 5.69 Å². The Labute approximate surface area is 135 Å². The third-order valence-corrected chi connectivity index (χ3v) is 4.93. The van der Waals surface area contributed by atoms with E-state index < -0.39 is 11.5 Å². The lowest BCUT2D eigenvalue weighted by atomic mass is 9.81. The fraction of sp³-hybridized carbons (Fsp3) is 0.267. The number of aliphatic hydroxyl groups excluding tert-OH is 1. The van der Waals surface area contributed by atoms with Crippen molar-refractivity contribution in [1.29, 1.82) is 0 Å². The van der Waals surface area contributed by atoms with Gasteiger partial charge in [0.15, 0.2) is 0 Å². The maximum atomic E-state index is 12.5. The monoisotopic (exact) mass is 399 g/mol. The van der Waals surface area contributed by atoms with Crippen LogP contribution in [0.1, 0.15) is 13.8 Å². The summed E-state index contributed by atoms with van der Waals surface area (Å²) < 4.78 is 1.58. The lowest BCUT2D eigenvalue weighted by Crippen LogP contribution is -2.25. The summed E-state index contributed by atoms with van der Waals surface area (Å²) in [7, 11) is 0. The van der Waals surface area contributed by atoms with Crippen LogP contribution >= 0.6 is 31.9 Å². The highest BCUT2D eigenvalue weighted by atomic mass is 79.9. The number of nitrogens with one attached hydrogen (secondary N) is 1. The second-order valence-corrected chi connectivity index (χ2v) is 6.93. The van der Waals surface area contributed by atoms with Crippen LogP contribution in [0.5, 0.6) is 0 Å². The molecule has 0 heterocycles. The van der Waals surface area contributed by atoms with Crippen molar-refractivity contribution in [1.82, 2.24) is 0 Å². The first-order valence-electron chi connectivity index (χ1n) is 6.10. The first-order valence-corrected chi connectivity index (χ1v) is 7.68. The third-order valence-electron chi connectivity index (χ3n) is 3.60. The minimum Gasteiger partial charge on any atom is -0.385 e. The molecule has 1 aliphatic carbocycles. The zero-order chi connectivity index (χ0) is 15.1. The molecule has 0 saturated heterocycles. The van der Waals surface area contributed by atoms with Crippen molar-refractivity contribution >= 4 is 43.5 Å². The van der Waals surface area contributed by atoms with Crippen LogP contribution in [0.3, 0.4) is 0 Å². The Morgan fingerprint density at radius 3 is 2.35 bits per heavy atom. The standard InChI is InChI=1S/C15H15Br2NO2/c1-8-12(19)7-9(15(8,2)3)14(20)18-13-10(16)5-4-6-11(13)17/h4-7,12,19H,1H2,2-3H3,(H,18,20)/t12-/m1/s1. The Bertz CT molecular complexity index is 600. The van der Waals surface area contributed by atoms with E-state index in [-0.39, 0.29) is 5.91 Å². The van der Waals surface area contributed by atoms with Crippen molar-refractivity contribution in [2.75, 3.05) is 5.32 Å². The number of halogens is 2. The molecule has 0 aliphatic heterocycles. The fourth-order valence-corrected chi connectivity index (χ4v) is 3.36. The Morgan fingerprint density at radius 1 is 1.35 bits per heavy atom. The van der Waals surface area contributed by atoms with Gasteiger partial charge in [-0.1, -0.05) is 26.5 Å². The molecule has 0 fully saturated rings. The maximum absolute atomic E-state index is 12.5. The number of benzene rings is 1. The summed E-state index contributed by atoms with van der Waals surface area (Å²) in [6.45, 7) is 7.62. The highest BCUT2D eigenvalue weighted by Gasteiger charge is 2.39.